The zero-order chi connectivity index (χ0) is 17.1. The van der Waals surface area contributed by atoms with Gasteiger partial charge in [0.1, 0.15) is 5.69 Å². The highest BCUT2D eigenvalue weighted by atomic mass is 16.5. The Morgan fingerprint density at radius 3 is 2.71 bits per heavy atom. The van der Waals surface area contributed by atoms with E-state index in [4.69, 9.17) is 9.15 Å². The molecule has 1 fully saturated rings. The van der Waals surface area contributed by atoms with Crippen molar-refractivity contribution in [3.05, 3.63) is 41.9 Å². The molecule has 3 rings (SSSR count). The van der Waals surface area contributed by atoms with E-state index in [9.17, 15) is 0 Å². The Hall–Kier alpha value is -2.34. The average molecular weight is 328 g/mol. The summed E-state index contributed by atoms with van der Waals surface area (Å²) >= 11 is 0. The number of nitrogens with zero attached hydrogens (tertiary/aromatic N) is 4. The first-order chi connectivity index (χ1) is 11.6. The second-order valence-corrected chi connectivity index (χ2v) is 5.84. The van der Waals surface area contributed by atoms with Crippen molar-refractivity contribution in [2.75, 3.05) is 26.3 Å². The smallest absolute Gasteiger partial charge is 0.172 e. The van der Waals surface area contributed by atoms with Crippen LogP contribution in [0.4, 0.5) is 0 Å². The van der Waals surface area contributed by atoms with Gasteiger partial charge in [0.05, 0.1) is 13.2 Å². The van der Waals surface area contributed by atoms with Gasteiger partial charge in [-0.05, 0) is 38.5 Å². The van der Waals surface area contributed by atoms with Gasteiger partial charge in [0.2, 0.25) is 0 Å². The average Bonchev–Trinajstić information content (AvgIpc) is 3.16. The third kappa shape index (κ3) is 3.14. The molecule has 0 aromatic carbocycles. The molecule has 0 saturated carbocycles. The molecule has 3 heterocycles. The first-order valence-electron chi connectivity index (χ1n) is 8.31. The van der Waals surface area contributed by atoms with E-state index in [0.717, 1.165) is 53.9 Å². The minimum atomic E-state index is 0.697. The Morgan fingerprint density at radius 1 is 1.33 bits per heavy atom. The molecule has 0 radical (unpaired) electrons. The van der Waals surface area contributed by atoms with E-state index in [-0.39, 0.29) is 0 Å². The Morgan fingerprint density at radius 2 is 2.08 bits per heavy atom. The Balaban J connectivity index is 1.96. The third-order valence-corrected chi connectivity index (χ3v) is 4.18. The van der Waals surface area contributed by atoms with Crippen molar-refractivity contribution >= 4 is 5.84 Å². The summed E-state index contributed by atoms with van der Waals surface area (Å²) in [6.45, 7) is 13.7. The summed E-state index contributed by atoms with van der Waals surface area (Å²) < 4.78 is 13.5. The second-order valence-electron chi connectivity index (χ2n) is 5.84. The van der Waals surface area contributed by atoms with E-state index >= 15 is 0 Å². The van der Waals surface area contributed by atoms with Gasteiger partial charge in [-0.15, -0.1) is 0 Å². The molecule has 6 nitrogen and oxygen atoms in total. The van der Waals surface area contributed by atoms with Crippen LogP contribution in [0.15, 0.2) is 34.3 Å². The Bertz CT molecular complexity index is 751. The number of hydrogen-bond donors (Lipinski definition) is 0. The topological polar surface area (TPSA) is 55.8 Å². The van der Waals surface area contributed by atoms with Gasteiger partial charge < -0.3 is 14.1 Å². The Labute approximate surface area is 142 Å². The van der Waals surface area contributed by atoms with Crippen LogP contribution in [0.5, 0.6) is 0 Å². The first-order valence-corrected chi connectivity index (χ1v) is 8.31. The van der Waals surface area contributed by atoms with Crippen molar-refractivity contribution in [3.8, 4) is 11.5 Å². The minimum Gasteiger partial charge on any atom is -0.451 e. The van der Waals surface area contributed by atoms with Gasteiger partial charge in [-0.2, -0.15) is 5.10 Å². The Kier molecular flexibility index (Phi) is 4.85. The number of hydrogen-bond acceptors (Lipinski definition) is 4. The molecule has 0 atom stereocenters. The fourth-order valence-electron chi connectivity index (χ4n) is 2.93. The maximum Gasteiger partial charge on any atom is 0.172 e. The monoisotopic (exact) mass is 328 g/mol. The van der Waals surface area contributed by atoms with Crippen LogP contribution in [0.25, 0.3) is 11.5 Å². The molecule has 1 saturated heterocycles. The summed E-state index contributed by atoms with van der Waals surface area (Å²) in [5, 5.41) is 4.60. The molecule has 0 bridgehead atoms. The molecule has 24 heavy (non-hydrogen) atoms. The van der Waals surface area contributed by atoms with Crippen LogP contribution >= 0.6 is 0 Å². The summed E-state index contributed by atoms with van der Waals surface area (Å²) in [4.78, 5) is 6.63. The van der Waals surface area contributed by atoms with E-state index in [1.165, 1.54) is 0 Å². The number of rotatable bonds is 4. The van der Waals surface area contributed by atoms with Crippen molar-refractivity contribution in [1.29, 1.82) is 0 Å². The minimum absolute atomic E-state index is 0.697. The van der Waals surface area contributed by atoms with Crippen molar-refractivity contribution in [2.45, 2.75) is 27.3 Å². The molecule has 0 unspecified atom stereocenters. The maximum absolute atomic E-state index is 6.14. The van der Waals surface area contributed by atoms with Crippen LogP contribution < -0.4 is 0 Å². The van der Waals surface area contributed by atoms with Crippen LogP contribution in [0, 0.1) is 13.8 Å². The highest BCUT2D eigenvalue weighted by Gasteiger charge is 2.23. The van der Waals surface area contributed by atoms with Gasteiger partial charge >= 0.3 is 0 Å². The molecule has 0 amide bonds. The van der Waals surface area contributed by atoms with Crippen LogP contribution in [0.2, 0.25) is 0 Å². The van der Waals surface area contributed by atoms with Gasteiger partial charge in [-0.1, -0.05) is 6.58 Å². The highest BCUT2D eigenvalue weighted by Crippen LogP contribution is 2.26. The van der Waals surface area contributed by atoms with Crippen molar-refractivity contribution in [3.63, 3.8) is 0 Å². The predicted molar refractivity (Wildman–Crippen MR) is 94.2 cm³/mol. The fraction of sp³-hybridized carbons (Fsp3) is 0.444. The predicted octanol–water partition coefficient (Wildman–Crippen LogP) is 3.00. The van der Waals surface area contributed by atoms with Gasteiger partial charge in [0.15, 0.2) is 17.4 Å². The number of aryl methyl sites for hydroxylation is 3. The number of aliphatic imine (C=N–C) groups is 1. The number of morpholine rings is 1. The quantitative estimate of drug-likeness (QED) is 0.639. The summed E-state index contributed by atoms with van der Waals surface area (Å²) in [5.74, 6) is 2.35. The normalized spacial score (nSPS) is 15.8. The van der Waals surface area contributed by atoms with Crippen LogP contribution in [0.3, 0.4) is 0 Å². The van der Waals surface area contributed by atoms with Crippen molar-refractivity contribution in [2.24, 2.45) is 4.99 Å². The summed E-state index contributed by atoms with van der Waals surface area (Å²) in [5.41, 5.74) is 3.01. The molecule has 128 valence electrons. The van der Waals surface area contributed by atoms with Gasteiger partial charge in [0, 0.05) is 31.5 Å². The summed E-state index contributed by atoms with van der Waals surface area (Å²) in [6, 6.07) is 4.07. The number of aromatic nitrogens is 2. The summed E-state index contributed by atoms with van der Waals surface area (Å²) in [7, 11) is 0. The molecule has 1 aliphatic heterocycles. The lowest BCUT2D eigenvalue weighted by atomic mass is 10.2. The zero-order valence-corrected chi connectivity index (χ0v) is 14.6. The number of amidine groups is 1. The molecule has 0 spiro atoms. The first kappa shape index (κ1) is 16.5. The molecule has 2 aromatic rings. The van der Waals surface area contributed by atoms with E-state index in [1.54, 1.807) is 6.20 Å². The molecule has 1 aliphatic rings. The maximum atomic E-state index is 6.14. The van der Waals surface area contributed by atoms with Crippen LogP contribution in [-0.4, -0.2) is 46.8 Å². The number of furan rings is 1. The lowest BCUT2D eigenvalue weighted by molar-refractivity contribution is 0.0678. The summed E-state index contributed by atoms with van der Waals surface area (Å²) in [6.07, 6.45) is 1.56. The second kappa shape index (κ2) is 7.05. The van der Waals surface area contributed by atoms with Gasteiger partial charge in [0.25, 0.3) is 0 Å². The molecule has 2 aromatic heterocycles. The largest absolute Gasteiger partial charge is 0.451 e. The molecular formula is C18H24N4O2. The van der Waals surface area contributed by atoms with E-state index in [2.05, 4.69) is 35.4 Å². The highest BCUT2D eigenvalue weighted by molar-refractivity contribution is 5.98. The van der Waals surface area contributed by atoms with Crippen molar-refractivity contribution < 1.29 is 9.15 Å². The lowest BCUT2D eigenvalue weighted by Gasteiger charge is -2.28. The SMILES string of the molecule is C=CN=C(c1oc(-c2cc(C)n(CC)n2)cc1C)N1CCOCC1. The molecule has 0 aliphatic carbocycles. The van der Waals surface area contributed by atoms with Crippen LogP contribution in [0.1, 0.15) is 23.9 Å². The van der Waals surface area contributed by atoms with Gasteiger partial charge in [-0.3, -0.25) is 4.68 Å². The van der Waals surface area contributed by atoms with E-state index in [1.807, 2.05) is 23.7 Å². The lowest BCUT2D eigenvalue weighted by Crippen LogP contribution is -2.41. The molecular weight excluding hydrogens is 304 g/mol. The van der Waals surface area contributed by atoms with Gasteiger partial charge in [-0.25, -0.2) is 4.99 Å². The third-order valence-electron chi connectivity index (χ3n) is 4.18. The van der Waals surface area contributed by atoms with Crippen LogP contribution in [-0.2, 0) is 11.3 Å². The molecule has 6 heteroatoms. The zero-order valence-electron chi connectivity index (χ0n) is 14.6. The number of ether oxygens (including phenoxy) is 1. The van der Waals surface area contributed by atoms with E-state index < -0.39 is 0 Å². The standard InChI is InChI=1S/C18H24N4O2/c1-5-19-18(21-7-9-23-10-8-21)17-13(3)11-16(24-17)15-12-14(4)22(6-2)20-15/h5,11-12H,1,6-10H2,2-4H3. The fourth-order valence-corrected chi connectivity index (χ4v) is 2.93. The van der Waals surface area contributed by atoms with Crippen molar-refractivity contribution in [1.82, 2.24) is 14.7 Å². The van der Waals surface area contributed by atoms with E-state index in [0.29, 0.717) is 13.2 Å². The molecule has 0 N–H and O–H groups in total.